The number of ketones is 1. The molecule has 0 radical (unpaired) electrons. The fourth-order valence-electron chi connectivity index (χ4n) is 3.34. The van der Waals surface area contributed by atoms with Crippen LogP contribution >= 0.6 is 15.9 Å². The lowest BCUT2D eigenvalue weighted by Gasteiger charge is -2.48. The van der Waals surface area contributed by atoms with Crippen LogP contribution in [0.4, 0.5) is 0 Å². The van der Waals surface area contributed by atoms with E-state index in [2.05, 4.69) is 27.0 Å². The van der Waals surface area contributed by atoms with Crippen molar-refractivity contribution in [1.82, 2.24) is 4.98 Å². The molecule has 1 aliphatic carbocycles. The fourth-order valence-corrected chi connectivity index (χ4v) is 3.93. The number of ether oxygens (including phenoxy) is 1. The monoisotopic (exact) mass is 350 g/mol. The Morgan fingerprint density at radius 3 is 2.71 bits per heavy atom. The normalized spacial score (nSPS) is 31.7. The third kappa shape index (κ3) is 2.41. The molecule has 1 heterocycles. The van der Waals surface area contributed by atoms with E-state index in [9.17, 15) is 10.1 Å². The summed E-state index contributed by atoms with van der Waals surface area (Å²) < 4.78 is 6.71. The molecule has 2 rings (SSSR count). The van der Waals surface area contributed by atoms with E-state index in [0.717, 1.165) is 10.2 Å². The zero-order valence-corrected chi connectivity index (χ0v) is 14.3. The Morgan fingerprint density at radius 2 is 2.19 bits per heavy atom. The highest BCUT2D eigenvalue weighted by molar-refractivity contribution is 9.10. The van der Waals surface area contributed by atoms with Crippen LogP contribution in [0.15, 0.2) is 22.8 Å². The van der Waals surface area contributed by atoms with E-state index in [0.29, 0.717) is 6.42 Å². The van der Waals surface area contributed by atoms with Crippen molar-refractivity contribution in [3.63, 3.8) is 0 Å². The topological polar surface area (TPSA) is 63.0 Å². The first-order valence-corrected chi connectivity index (χ1v) is 7.69. The van der Waals surface area contributed by atoms with E-state index in [1.54, 1.807) is 13.3 Å². The Balaban J connectivity index is 2.65. The minimum atomic E-state index is -0.752. The zero-order valence-electron chi connectivity index (χ0n) is 12.7. The van der Waals surface area contributed by atoms with Crippen LogP contribution in [0.2, 0.25) is 0 Å². The molecule has 1 fully saturated rings. The van der Waals surface area contributed by atoms with Crippen molar-refractivity contribution in [3.05, 3.63) is 28.5 Å². The highest BCUT2D eigenvalue weighted by atomic mass is 79.9. The third-order valence-corrected chi connectivity index (χ3v) is 5.19. The Kier molecular flexibility index (Phi) is 4.23. The van der Waals surface area contributed by atoms with Gasteiger partial charge in [0.15, 0.2) is 5.78 Å². The van der Waals surface area contributed by atoms with Crippen molar-refractivity contribution in [2.75, 3.05) is 7.11 Å². The van der Waals surface area contributed by atoms with Gasteiger partial charge in [0.25, 0.3) is 0 Å². The average Bonchev–Trinajstić information content (AvgIpc) is 2.45. The Morgan fingerprint density at radius 1 is 1.52 bits per heavy atom. The van der Waals surface area contributed by atoms with Crippen molar-refractivity contribution >= 4 is 21.7 Å². The van der Waals surface area contributed by atoms with Gasteiger partial charge < -0.3 is 4.74 Å². The lowest BCUT2D eigenvalue weighted by atomic mass is 9.58. The maximum Gasteiger partial charge on any atom is 0.156 e. The van der Waals surface area contributed by atoms with E-state index < -0.39 is 16.9 Å². The van der Waals surface area contributed by atoms with E-state index >= 15 is 0 Å². The van der Waals surface area contributed by atoms with Gasteiger partial charge in [0.1, 0.15) is 11.5 Å². The maximum atomic E-state index is 12.5. The molecule has 1 aliphatic rings. The first-order chi connectivity index (χ1) is 9.80. The van der Waals surface area contributed by atoms with Crippen LogP contribution in [0, 0.1) is 28.6 Å². The Bertz CT molecular complexity index is 609. The molecule has 3 unspecified atom stereocenters. The van der Waals surface area contributed by atoms with Gasteiger partial charge in [-0.2, -0.15) is 5.26 Å². The highest BCUT2D eigenvalue weighted by Gasteiger charge is 2.57. The predicted molar refractivity (Wildman–Crippen MR) is 82.3 cm³/mol. The van der Waals surface area contributed by atoms with Crippen LogP contribution in [0.5, 0.6) is 0 Å². The van der Waals surface area contributed by atoms with E-state index in [1.165, 1.54) is 0 Å². The summed E-state index contributed by atoms with van der Waals surface area (Å²) in [5.41, 5.74) is -0.626. The summed E-state index contributed by atoms with van der Waals surface area (Å²) in [6.45, 7) is 5.64. The van der Waals surface area contributed by atoms with Crippen molar-refractivity contribution in [3.8, 4) is 6.07 Å². The van der Waals surface area contributed by atoms with Gasteiger partial charge in [-0.3, -0.25) is 9.78 Å². The number of nitrogens with zero attached hydrogens (tertiary/aromatic N) is 2. The van der Waals surface area contributed by atoms with E-state index in [1.807, 2.05) is 32.9 Å². The molecule has 4 nitrogen and oxygen atoms in total. The molecule has 0 amide bonds. The van der Waals surface area contributed by atoms with Gasteiger partial charge in [0.05, 0.1) is 11.8 Å². The minimum Gasteiger partial charge on any atom is -0.371 e. The predicted octanol–water partition coefficient (Wildman–Crippen LogP) is 3.46. The number of nitriles is 1. The number of carbonyl (C=O) groups is 1. The van der Waals surface area contributed by atoms with E-state index in [4.69, 9.17) is 4.74 Å². The van der Waals surface area contributed by atoms with Crippen molar-refractivity contribution in [2.45, 2.75) is 32.8 Å². The third-order valence-electron chi connectivity index (χ3n) is 4.55. The SMILES string of the molecule is COC1(c2ncccc2Br)CC(C)(C)C(=O)C(C#N)C1C. The summed E-state index contributed by atoms with van der Waals surface area (Å²) in [6, 6.07) is 5.90. The van der Waals surface area contributed by atoms with Crippen LogP contribution in [-0.2, 0) is 15.1 Å². The van der Waals surface area contributed by atoms with Crippen molar-refractivity contribution in [1.29, 1.82) is 5.26 Å². The molecule has 0 saturated heterocycles. The number of aromatic nitrogens is 1. The van der Waals surface area contributed by atoms with E-state index in [-0.39, 0.29) is 11.7 Å². The van der Waals surface area contributed by atoms with Gasteiger partial charge in [-0.25, -0.2) is 0 Å². The van der Waals surface area contributed by atoms with Crippen LogP contribution in [0.25, 0.3) is 0 Å². The second-order valence-corrected chi connectivity index (χ2v) is 7.10. The zero-order chi connectivity index (χ0) is 15.8. The molecular weight excluding hydrogens is 332 g/mol. The number of rotatable bonds is 2. The van der Waals surface area contributed by atoms with Gasteiger partial charge in [-0.1, -0.05) is 20.8 Å². The van der Waals surface area contributed by atoms with Crippen molar-refractivity contribution in [2.24, 2.45) is 17.3 Å². The van der Waals surface area contributed by atoms with Gasteiger partial charge in [0.2, 0.25) is 0 Å². The summed E-state index contributed by atoms with van der Waals surface area (Å²) in [4.78, 5) is 17.0. The summed E-state index contributed by atoms with van der Waals surface area (Å²) in [7, 11) is 1.62. The minimum absolute atomic E-state index is 0.0165. The van der Waals surface area contributed by atoms with Gasteiger partial charge in [0, 0.05) is 29.1 Å². The fraction of sp³-hybridized carbons (Fsp3) is 0.562. The van der Waals surface area contributed by atoms with Crippen LogP contribution < -0.4 is 0 Å². The lowest BCUT2D eigenvalue weighted by Crippen LogP contribution is -2.54. The second-order valence-electron chi connectivity index (χ2n) is 6.25. The largest absolute Gasteiger partial charge is 0.371 e. The molecule has 0 N–H and O–H groups in total. The first kappa shape index (κ1) is 16.1. The van der Waals surface area contributed by atoms with Crippen LogP contribution in [0.3, 0.4) is 0 Å². The molecule has 1 aromatic rings. The van der Waals surface area contributed by atoms with Crippen molar-refractivity contribution < 1.29 is 9.53 Å². The second kappa shape index (κ2) is 5.51. The number of carbonyl (C=O) groups excluding carboxylic acids is 1. The lowest BCUT2D eigenvalue weighted by molar-refractivity contribution is -0.161. The molecule has 5 heteroatoms. The van der Waals surface area contributed by atoms with Gasteiger partial charge in [-0.05, 0) is 34.5 Å². The van der Waals surface area contributed by atoms with Crippen LogP contribution in [-0.4, -0.2) is 17.9 Å². The molecule has 3 atom stereocenters. The molecule has 0 aromatic carbocycles. The quantitative estimate of drug-likeness (QED) is 0.819. The average molecular weight is 351 g/mol. The standard InChI is InChI=1S/C16H19BrN2O2/c1-10-11(8-18)14(20)15(2,3)9-16(10,21-4)13-12(17)6-5-7-19-13/h5-7,10-11H,9H2,1-4H3. The summed E-state index contributed by atoms with van der Waals surface area (Å²) >= 11 is 3.52. The molecular formula is C16H19BrN2O2. The molecule has 112 valence electrons. The molecule has 0 aliphatic heterocycles. The number of pyridine rings is 1. The smallest absolute Gasteiger partial charge is 0.156 e. The first-order valence-electron chi connectivity index (χ1n) is 6.90. The molecule has 1 aromatic heterocycles. The number of Topliss-reactive ketones (excluding diaryl/α,β-unsaturated/α-hetero) is 1. The number of hydrogen-bond acceptors (Lipinski definition) is 4. The molecule has 0 bridgehead atoms. The Hall–Kier alpha value is -1.25. The summed E-state index contributed by atoms with van der Waals surface area (Å²) in [6.07, 6.45) is 2.21. The van der Waals surface area contributed by atoms with Crippen LogP contribution in [0.1, 0.15) is 32.9 Å². The summed E-state index contributed by atoms with van der Waals surface area (Å²) in [5.74, 6) is -0.973. The maximum absolute atomic E-state index is 12.5. The van der Waals surface area contributed by atoms with Gasteiger partial charge in [-0.15, -0.1) is 0 Å². The number of halogens is 1. The molecule has 1 saturated carbocycles. The number of methoxy groups -OCH3 is 1. The molecule has 21 heavy (non-hydrogen) atoms. The van der Waals surface area contributed by atoms with Gasteiger partial charge >= 0.3 is 0 Å². The molecule has 0 spiro atoms. The summed E-state index contributed by atoms with van der Waals surface area (Å²) in [5, 5.41) is 9.45. The number of hydrogen-bond donors (Lipinski definition) is 0. The Labute approximate surface area is 133 Å². The highest BCUT2D eigenvalue weighted by Crippen LogP contribution is 2.52.